The van der Waals surface area contributed by atoms with Gasteiger partial charge in [-0.25, -0.2) is 8.78 Å². The van der Waals surface area contributed by atoms with E-state index in [1.54, 1.807) is 0 Å². The van der Waals surface area contributed by atoms with Crippen molar-refractivity contribution in [2.45, 2.75) is 0 Å². The minimum atomic E-state index is -0.570. The molecule has 0 unspecified atom stereocenters. The van der Waals surface area contributed by atoms with Gasteiger partial charge >= 0.3 is 0 Å². The number of alkyl halides is 1. The van der Waals surface area contributed by atoms with Crippen molar-refractivity contribution < 1.29 is 8.78 Å². The molecule has 0 bridgehead atoms. The molecule has 0 radical (unpaired) electrons. The van der Waals surface area contributed by atoms with Crippen molar-refractivity contribution in [3.8, 4) is 0 Å². The summed E-state index contributed by atoms with van der Waals surface area (Å²) in [7, 11) is 0. The molecule has 0 spiro atoms. The van der Waals surface area contributed by atoms with Gasteiger partial charge in [0.05, 0.1) is 0 Å². The van der Waals surface area contributed by atoms with Crippen molar-refractivity contribution in [2.24, 2.45) is 0 Å². The van der Waals surface area contributed by atoms with E-state index in [1.807, 2.05) is 0 Å². The standard InChI is InChI=1S/C9H7BrF2/c1-6(5-10)9-7(11)3-2-4-8(9)12/h2-4H,1,5H2. The van der Waals surface area contributed by atoms with Gasteiger partial charge in [0, 0.05) is 10.9 Å². The maximum Gasteiger partial charge on any atom is 0.133 e. The summed E-state index contributed by atoms with van der Waals surface area (Å²) in [5, 5.41) is 0.366. The summed E-state index contributed by atoms with van der Waals surface area (Å²) in [6.07, 6.45) is 0. The van der Waals surface area contributed by atoms with Crippen LogP contribution in [-0.4, -0.2) is 5.33 Å². The molecule has 0 saturated carbocycles. The van der Waals surface area contributed by atoms with E-state index in [0.29, 0.717) is 10.9 Å². The molecule has 1 aromatic carbocycles. The predicted molar refractivity (Wildman–Crippen MR) is 49.2 cm³/mol. The number of halogens is 3. The van der Waals surface area contributed by atoms with E-state index < -0.39 is 11.6 Å². The average Bonchev–Trinajstić information content (AvgIpc) is 2.03. The highest BCUT2D eigenvalue weighted by molar-refractivity contribution is 9.09. The molecule has 0 fully saturated rings. The topological polar surface area (TPSA) is 0 Å². The number of rotatable bonds is 2. The van der Waals surface area contributed by atoms with Crippen LogP contribution in [0.1, 0.15) is 5.56 Å². The molecule has 0 aromatic heterocycles. The first-order valence-corrected chi connectivity index (χ1v) is 4.47. The van der Waals surface area contributed by atoms with Crippen LogP contribution in [-0.2, 0) is 0 Å². The Morgan fingerprint density at radius 3 is 2.25 bits per heavy atom. The molecule has 12 heavy (non-hydrogen) atoms. The Morgan fingerprint density at radius 1 is 1.33 bits per heavy atom. The van der Waals surface area contributed by atoms with Gasteiger partial charge in [0.25, 0.3) is 0 Å². The quantitative estimate of drug-likeness (QED) is 0.687. The Morgan fingerprint density at radius 2 is 1.83 bits per heavy atom. The van der Waals surface area contributed by atoms with Crippen molar-refractivity contribution in [1.29, 1.82) is 0 Å². The van der Waals surface area contributed by atoms with Crippen molar-refractivity contribution in [3.63, 3.8) is 0 Å². The van der Waals surface area contributed by atoms with Crippen LogP contribution in [0.3, 0.4) is 0 Å². The van der Waals surface area contributed by atoms with Crippen LogP contribution in [0, 0.1) is 11.6 Å². The van der Waals surface area contributed by atoms with Crippen molar-refractivity contribution in [2.75, 3.05) is 5.33 Å². The van der Waals surface area contributed by atoms with Gasteiger partial charge in [-0.05, 0) is 17.7 Å². The van der Waals surface area contributed by atoms with Gasteiger partial charge in [-0.3, -0.25) is 0 Å². The van der Waals surface area contributed by atoms with Gasteiger partial charge in [0.2, 0.25) is 0 Å². The molecule has 0 amide bonds. The Kier molecular flexibility index (Phi) is 2.98. The minimum absolute atomic E-state index is 0.0330. The molecule has 0 atom stereocenters. The average molecular weight is 233 g/mol. The van der Waals surface area contributed by atoms with Crippen LogP contribution in [0.4, 0.5) is 8.78 Å². The van der Waals surface area contributed by atoms with Gasteiger partial charge < -0.3 is 0 Å². The van der Waals surface area contributed by atoms with Crippen LogP contribution in [0.2, 0.25) is 0 Å². The summed E-state index contributed by atoms with van der Waals surface area (Å²) in [6.45, 7) is 3.54. The Bertz CT molecular complexity index is 287. The van der Waals surface area contributed by atoms with Gasteiger partial charge in [0.1, 0.15) is 11.6 Å². The van der Waals surface area contributed by atoms with E-state index in [1.165, 1.54) is 18.2 Å². The van der Waals surface area contributed by atoms with Gasteiger partial charge in [0.15, 0.2) is 0 Å². The molecule has 1 rings (SSSR count). The van der Waals surface area contributed by atoms with Gasteiger partial charge in [-0.2, -0.15) is 0 Å². The number of hydrogen-bond donors (Lipinski definition) is 0. The molecule has 0 N–H and O–H groups in total. The molecule has 0 aliphatic heterocycles. The second kappa shape index (κ2) is 3.81. The first-order chi connectivity index (χ1) is 5.66. The zero-order valence-electron chi connectivity index (χ0n) is 6.28. The molecule has 0 aliphatic carbocycles. The van der Waals surface area contributed by atoms with E-state index in [0.717, 1.165) is 0 Å². The van der Waals surface area contributed by atoms with Crippen molar-refractivity contribution in [3.05, 3.63) is 42.0 Å². The lowest BCUT2D eigenvalue weighted by atomic mass is 10.1. The Balaban J connectivity index is 3.21. The summed E-state index contributed by atoms with van der Waals surface area (Å²) in [6, 6.07) is 3.76. The third kappa shape index (κ3) is 1.72. The first-order valence-electron chi connectivity index (χ1n) is 3.35. The van der Waals surface area contributed by atoms with Crippen LogP contribution in [0.25, 0.3) is 5.57 Å². The first kappa shape index (κ1) is 9.39. The normalized spacial score (nSPS) is 9.92. The highest BCUT2D eigenvalue weighted by Gasteiger charge is 2.09. The Labute approximate surface area is 78.0 Å². The second-order valence-electron chi connectivity index (χ2n) is 2.33. The monoisotopic (exact) mass is 232 g/mol. The maximum atomic E-state index is 13.0. The van der Waals surface area contributed by atoms with Crippen LogP contribution in [0.15, 0.2) is 24.8 Å². The summed E-state index contributed by atoms with van der Waals surface area (Å²) in [4.78, 5) is 0. The van der Waals surface area contributed by atoms with Gasteiger partial charge in [-0.15, -0.1) is 0 Å². The SMILES string of the molecule is C=C(CBr)c1c(F)cccc1F. The van der Waals surface area contributed by atoms with E-state index in [2.05, 4.69) is 22.5 Å². The molecule has 1 aromatic rings. The van der Waals surface area contributed by atoms with Gasteiger partial charge in [-0.1, -0.05) is 28.6 Å². The molecule has 3 heteroatoms. The van der Waals surface area contributed by atoms with Crippen molar-refractivity contribution >= 4 is 21.5 Å². The fourth-order valence-corrected chi connectivity index (χ4v) is 1.18. The van der Waals surface area contributed by atoms with Crippen LogP contribution in [0.5, 0.6) is 0 Å². The summed E-state index contributed by atoms with van der Waals surface area (Å²) in [5.74, 6) is -1.14. The summed E-state index contributed by atoms with van der Waals surface area (Å²) < 4.78 is 25.9. The highest BCUT2D eigenvalue weighted by atomic mass is 79.9. The summed E-state index contributed by atoms with van der Waals surface area (Å²) >= 11 is 3.09. The van der Waals surface area contributed by atoms with Crippen molar-refractivity contribution in [1.82, 2.24) is 0 Å². The number of hydrogen-bond acceptors (Lipinski definition) is 0. The van der Waals surface area contributed by atoms with Crippen LogP contribution < -0.4 is 0 Å². The lowest BCUT2D eigenvalue weighted by Crippen LogP contribution is -1.94. The second-order valence-corrected chi connectivity index (χ2v) is 2.89. The molecule has 64 valence electrons. The largest absolute Gasteiger partial charge is 0.206 e. The third-order valence-electron chi connectivity index (χ3n) is 1.48. The van der Waals surface area contributed by atoms with E-state index in [4.69, 9.17) is 0 Å². The molecular weight excluding hydrogens is 226 g/mol. The van der Waals surface area contributed by atoms with Crippen LogP contribution >= 0.6 is 15.9 Å². The highest BCUT2D eigenvalue weighted by Crippen LogP contribution is 2.21. The molecule has 0 saturated heterocycles. The molecular formula is C9H7BrF2. The molecule has 0 aliphatic rings. The lowest BCUT2D eigenvalue weighted by molar-refractivity contribution is 0.577. The van der Waals surface area contributed by atoms with E-state index in [9.17, 15) is 8.78 Å². The maximum absolute atomic E-state index is 13.0. The fraction of sp³-hybridized carbons (Fsp3) is 0.111. The molecule has 0 heterocycles. The number of benzene rings is 1. The zero-order valence-corrected chi connectivity index (χ0v) is 7.87. The number of allylic oxidation sites excluding steroid dienone is 1. The Hall–Kier alpha value is -0.700. The zero-order chi connectivity index (χ0) is 9.14. The van der Waals surface area contributed by atoms with E-state index >= 15 is 0 Å². The van der Waals surface area contributed by atoms with E-state index in [-0.39, 0.29) is 5.56 Å². The third-order valence-corrected chi connectivity index (χ3v) is 2.15. The summed E-state index contributed by atoms with van der Waals surface area (Å²) in [5.41, 5.74) is 0.375. The minimum Gasteiger partial charge on any atom is -0.206 e. The predicted octanol–water partition coefficient (Wildman–Crippen LogP) is 3.37. The smallest absolute Gasteiger partial charge is 0.133 e. The molecule has 0 nitrogen and oxygen atoms in total. The lowest BCUT2D eigenvalue weighted by Gasteiger charge is -2.04. The fourth-order valence-electron chi connectivity index (χ4n) is 0.902.